The van der Waals surface area contributed by atoms with Gasteiger partial charge in [0.05, 0.1) is 19.3 Å². The van der Waals surface area contributed by atoms with Gasteiger partial charge >= 0.3 is 0 Å². The minimum Gasteiger partial charge on any atom is -0.756 e. The third-order valence-corrected chi connectivity index (χ3v) is 4.56. The maximum atomic E-state index is 11.6. The van der Waals surface area contributed by atoms with Crippen molar-refractivity contribution in [3.05, 3.63) is 23.0 Å². The molecule has 2 fully saturated rings. The van der Waals surface area contributed by atoms with E-state index in [4.69, 9.17) is 9.26 Å². The molecule has 0 aliphatic carbocycles. The molecule has 0 aromatic carbocycles. The Morgan fingerprint density at radius 2 is 2.32 bits per heavy atom. The highest BCUT2D eigenvalue weighted by Crippen LogP contribution is 2.49. The highest BCUT2D eigenvalue weighted by Gasteiger charge is 2.50. The first kappa shape index (κ1) is 14.0. The van der Waals surface area contributed by atoms with Crippen LogP contribution in [0.5, 0.6) is 0 Å². The molecule has 22 heavy (non-hydrogen) atoms. The molecule has 0 radical (unpaired) electrons. The maximum Gasteiger partial charge on any atom is 0.278 e. The molecular formula is C10H10N4O7P-. The topological polar surface area (TPSA) is 152 Å². The zero-order chi connectivity index (χ0) is 15.5. The van der Waals surface area contributed by atoms with Gasteiger partial charge in [-0.2, -0.15) is 0 Å². The summed E-state index contributed by atoms with van der Waals surface area (Å²) in [7, 11) is -4.44. The number of aliphatic hydroxyl groups is 1. The summed E-state index contributed by atoms with van der Waals surface area (Å²) in [6.07, 6.45) is -1.62. The average molecular weight is 329 g/mol. The first-order valence-corrected chi connectivity index (χ1v) is 7.80. The maximum absolute atomic E-state index is 11.6. The molecule has 2 aromatic heterocycles. The van der Waals surface area contributed by atoms with E-state index < -0.39 is 37.9 Å². The Labute approximate surface area is 122 Å². The number of nitrogens with one attached hydrogen (secondary N) is 1. The molecule has 5 atom stereocenters. The number of rotatable bonds is 1. The van der Waals surface area contributed by atoms with Crippen LogP contribution in [0.15, 0.2) is 17.4 Å². The van der Waals surface area contributed by atoms with E-state index in [1.807, 2.05) is 0 Å². The van der Waals surface area contributed by atoms with Crippen LogP contribution in [-0.4, -0.2) is 49.5 Å². The Hall–Kier alpha value is -1.62. The molecule has 118 valence electrons. The standard InChI is InChI=1S/C10H11N4O7P/c15-6-7-4(1-19-22(17,18)21-7)20-10(6)14-3-13-5-8(14)11-2-12-9(5)16/h2-4,6-7,10,15H,1H2,(H,17,18)(H,11,12,16)/p-1/t4-,6-,7-,10-/m1/s1. The summed E-state index contributed by atoms with van der Waals surface area (Å²) in [5.74, 6) is 0. The van der Waals surface area contributed by atoms with Gasteiger partial charge in [0.25, 0.3) is 13.4 Å². The highest BCUT2D eigenvalue weighted by atomic mass is 31.2. The van der Waals surface area contributed by atoms with Gasteiger partial charge < -0.3 is 28.8 Å². The molecule has 2 aromatic rings. The molecule has 2 aliphatic rings. The van der Waals surface area contributed by atoms with Crippen molar-refractivity contribution < 1.29 is 28.3 Å². The van der Waals surface area contributed by atoms with Crippen LogP contribution in [0.4, 0.5) is 0 Å². The van der Waals surface area contributed by atoms with Crippen molar-refractivity contribution in [1.29, 1.82) is 0 Å². The number of aliphatic hydroxyl groups excluding tert-OH is 1. The molecule has 4 rings (SSSR count). The van der Waals surface area contributed by atoms with Crippen LogP contribution in [0, 0.1) is 0 Å². The number of imidazole rings is 1. The third kappa shape index (κ3) is 2.02. The number of aromatic amines is 1. The molecule has 11 nitrogen and oxygen atoms in total. The molecule has 4 heterocycles. The third-order valence-electron chi connectivity index (χ3n) is 3.60. The average Bonchev–Trinajstić information content (AvgIpc) is 3.01. The van der Waals surface area contributed by atoms with Gasteiger partial charge in [0.1, 0.15) is 18.3 Å². The smallest absolute Gasteiger partial charge is 0.278 e. The van der Waals surface area contributed by atoms with Gasteiger partial charge in [-0.3, -0.25) is 13.9 Å². The summed E-state index contributed by atoms with van der Waals surface area (Å²) in [6.45, 7) is -0.250. The lowest BCUT2D eigenvalue weighted by Gasteiger charge is -2.34. The summed E-state index contributed by atoms with van der Waals surface area (Å²) in [5, 5.41) is 10.3. The van der Waals surface area contributed by atoms with E-state index >= 15 is 0 Å². The van der Waals surface area contributed by atoms with Crippen LogP contribution in [0.2, 0.25) is 0 Å². The molecule has 12 heteroatoms. The Balaban J connectivity index is 1.73. The van der Waals surface area contributed by atoms with Crippen molar-refractivity contribution in [2.75, 3.05) is 6.61 Å². The molecule has 0 saturated carbocycles. The Bertz CT molecular complexity index is 834. The van der Waals surface area contributed by atoms with E-state index in [2.05, 4.69) is 19.5 Å². The fourth-order valence-electron chi connectivity index (χ4n) is 2.61. The van der Waals surface area contributed by atoms with Gasteiger partial charge in [-0.15, -0.1) is 0 Å². The lowest BCUT2D eigenvalue weighted by molar-refractivity contribution is -0.245. The van der Waals surface area contributed by atoms with Crippen molar-refractivity contribution in [3.63, 3.8) is 0 Å². The summed E-state index contributed by atoms with van der Waals surface area (Å²) in [4.78, 5) is 33.2. The minimum atomic E-state index is -4.44. The van der Waals surface area contributed by atoms with Crippen LogP contribution in [0.3, 0.4) is 0 Å². The minimum absolute atomic E-state index is 0.0832. The van der Waals surface area contributed by atoms with Gasteiger partial charge in [0, 0.05) is 0 Å². The zero-order valence-corrected chi connectivity index (χ0v) is 11.8. The van der Waals surface area contributed by atoms with E-state index in [1.165, 1.54) is 17.2 Å². The highest BCUT2D eigenvalue weighted by molar-refractivity contribution is 7.45. The molecule has 0 amide bonds. The lowest BCUT2D eigenvalue weighted by atomic mass is 10.1. The van der Waals surface area contributed by atoms with Crippen LogP contribution < -0.4 is 10.5 Å². The van der Waals surface area contributed by atoms with Crippen molar-refractivity contribution in [3.8, 4) is 0 Å². The van der Waals surface area contributed by atoms with E-state index in [-0.39, 0.29) is 17.8 Å². The van der Waals surface area contributed by atoms with Gasteiger partial charge in [0.15, 0.2) is 17.4 Å². The van der Waals surface area contributed by atoms with E-state index in [9.17, 15) is 19.4 Å². The summed E-state index contributed by atoms with van der Waals surface area (Å²) in [5.41, 5.74) is -0.144. The molecule has 2 N–H and O–H groups in total. The fraction of sp³-hybridized carbons (Fsp3) is 0.500. The fourth-order valence-corrected chi connectivity index (χ4v) is 3.56. The summed E-state index contributed by atoms with van der Waals surface area (Å²) < 4.78 is 27.6. The SMILES string of the molecule is O=c1[nH]cnc2c1ncn2[C@@H]1O[C@@H]2COP(=O)([O-])O[C@H]2[C@H]1O. The van der Waals surface area contributed by atoms with Crippen molar-refractivity contribution >= 4 is 19.0 Å². The molecular weight excluding hydrogens is 319 g/mol. The second-order valence-corrected chi connectivity index (χ2v) is 6.29. The van der Waals surface area contributed by atoms with Gasteiger partial charge in [-0.1, -0.05) is 0 Å². The number of fused-ring (bicyclic) bond motifs is 2. The normalized spacial score (nSPS) is 38.3. The second-order valence-electron chi connectivity index (χ2n) is 4.92. The van der Waals surface area contributed by atoms with Crippen LogP contribution in [0.25, 0.3) is 11.2 Å². The number of hydrogen-bond donors (Lipinski definition) is 2. The molecule has 1 unspecified atom stereocenters. The van der Waals surface area contributed by atoms with Crippen molar-refractivity contribution in [1.82, 2.24) is 19.5 Å². The predicted octanol–water partition coefficient (Wildman–Crippen LogP) is -1.74. The Morgan fingerprint density at radius 1 is 1.50 bits per heavy atom. The summed E-state index contributed by atoms with van der Waals surface area (Å²) >= 11 is 0. The number of hydrogen-bond acceptors (Lipinski definition) is 9. The number of phosphoric ester groups is 1. The number of ether oxygens (including phenoxy) is 1. The Morgan fingerprint density at radius 3 is 3.14 bits per heavy atom. The van der Waals surface area contributed by atoms with Gasteiger partial charge in [-0.25, -0.2) is 9.97 Å². The van der Waals surface area contributed by atoms with Crippen LogP contribution in [-0.2, 0) is 18.3 Å². The molecule has 0 bridgehead atoms. The lowest BCUT2D eigenvalue weighted by Crippen LogP contribution is -2.41. The number of nitrogens with zero attached hydrogens (tertiary/aromatic N) is 3. The quantitative estimate of drug-likeness (QED) is 0.581. The first-order valence-electron chi connectivity index (χ1n) is 6.34. The van der Waals surface area contributed by atoms with Crippen LogP contribution in [0.1, 0.15) is 6.23 Å². The predicted molar refractivity (Wildman–Crippen MR) is 66.5 cm³/mol. The number of H-pyrrole nitrogens is 1. The molecule has 2 saturated heterocycles. The monoisotopic (exact) mass is 329 g/mol. The van der Waals surface area contributed by atoms with Gasteiger partial charge in [0.2, 0.25) is 0 Å². The van der Waals surface area contributed by atoms with E-state index in [1.54, 1.807) is 0 Å². The zero-order valence-electron chi connectivity index (χ0n) is 10.9. The van der Waals surface area contributed by atoms with Crippen LogP contribution >= 0.6 is 7.82 Å². The van der Waals surface area contributed by atoms with Crippen molar-refractivity contribution in [2.45, 2.75) is 24.5 Å². The van der Waals surface area contributed by atoms with E-state index in [0.717, 1.165) is 0 Å². The first-order chi connectivity index (χ1) is 10.5. The largest absolute Gasteiger partial charge is 0.756 e. The number of phosphoric acid groups is 1. The second kappa shape index (κ2) is 4.69. The van der Waals surface area contributed by atoms with E-state index in [0.29, 0.717) is 0 Å². The molecule has 0 spiro atoms. The Kier molecular flexibility index (Phi) is 2.98. The van der Waals surface area contributed by atoms with Crippen molar-refractivity contribution in [2.24, 2.45) is 0 Å². The summed E-state index contributed by atoms with van der Waals surface area (Å²) in [6, 6.07) is 0. The molecule has 2 aliphatic heterocycles. The number of aromatic nitrogens is 4. The van der Waals surface area contributed by atoms with Gasteiger partial charge in [-0.05, 0) is 0 Å².